The lowest BCUT2D eigenvalue weighted by molar-refractivity contribution is 0.271. The summed E-state index contributed by atoms with van der Waals surface area (Å²) in [6.07, 6.45) is 0. The standard InChI is InChI=1S/C15H25N3/c1-4-17-7-9-18(10-8-17)13-5-6-15(16)14(11-13)12(2)3/h5-6,11-12H,4,7-10,16H2,1-3H3. The normalized spacial score (nSPS) is 17.4. The number of hydrogen-bond acceptors (Lipinski definition) is 3. The molecule has 100 valence electrons. The Balaban J connectivity index is 2.12. The van der Waals surface area contributed by atoms with Gasteiger partial charge in [0.05, 0.1) is 0 Å². The first-order valence-electron chi connectivity index (χ1n) is 6.98. The van der Waals surface area contributed by atoms with E-state index in [1.165, 1.54) is 11.3 Å². The van der Waals surface area contributed by atoms with Crippen molar-refractivity contribution in [2.75, 3.05) is 43.4 Å². The van der Waals surface area contributed by atoms with E-state index in [4.69, 9.17) is 5.73 Å². The Labute approximate surface area is 111 Å². The van der Waals surface area contributed by atoms with Crippen LogP contribution in [0.4, 0.5) is 11.4 Å². The van der Waals surface area contributed by atoms with Gasteiger partial charge in [-0.05, 0) is 36.2 Å². The molecule has 0 unspecified atom stereocenters. The second-order valence-corrected chi connectivity index (χ2v) is 5.39. The minimum absolute atomic E-state index is 0.488. The molecule has 0 bridgehead atoms. The Bertz CT molecular complexity index is 393. The van der Waals surface area contributed by atoms with Gasteiger partial charge in [-0.2, -0.15) is 0 Å². The number of anilines is 2. The van der Waals surface area contributed by atoms with Crippen molar-refractivity contribution in [2.45, 2.75) is 26.7 Å². The Kier molecular flexibility index (Phi) is 4.12. The number of hydrogen-bond donors (Lipinski definition) is 1. The summed E-state index contributed by atoms with van der Waals surface area (Å²) in [6.45, 7) is 12.4. The Morgan fingerprint density at radius 3 is 2.39 bits per heavy atom. The molecule has 1 fully saturated rings. The molecular formula is C15H25N3. The average molecular weight is 247 g/mol. The van der Waals surface area contributed by atoms with Gasteiger partial charge in [0.1, 0.15) is 0 Å². The second-order valence-electron chi connectivity index (χ2n) is 5.39. The molecule has 18 heavy (non-hydrogen) atoms. The van der Waals surface area contributed by atoms with Crippen LogP contribution in [0.2, 0.25) is 0 Å². The molecule has 0 aromatic heterocycles. The van der Waals surface area contributed by atoms with E-state index in [1.54, 1.807) is 0 Å². The molecule has 1 aromatic carbocycles. The predicted molar refractivity (Wildman–Crippen MR) is 79.3 cm³/mol. The molecule has 0 spiro atoms. The van der Waals surface area contributed by atoms with Crippen molar-refractivity contribution in [1.82, 2.24) is 4.90 Å². The van der Waals surface area contributed by atoms with E-state index in [2.05, 4.69) is 48.8 Å². The average Bonchev–Trinajstić information content (AvgIpc) is 2.39. The number of likely N-dealkylation sites (N-methyl/N-ethyl adjacent to an activating group) is 1. The maximum Gasteiger partial charge on any atom is 0.0371 e. The van der Waals surface area contributed by atoms with Crippen LogP contribution in [-0.2, 0) is 0 Å². The maximum atomic E-state index is 6.04. The fourth-order valence-electron chi connectivity index (χ4n) is 2.58. The first-order valence-corrected chi connectivity index (χ1v) is 6.98. The van der Waals surface area contributed by atoms with Gasteiger partial charge in [-0.25, -0.2) is 0 Å². The highest BCUT2D eigenvalue weighted by Gasteiger charge is 2.16. The van der Waals surface area contributed by atoms with Crippen molar-refractivity contribution in [3.05, 3.63) is 23.8 Å². The molecule has 3 nitrogen and oxygen atoms in total. The minimum atomic E-state index is 0.488. The summed E-state index contributed by atoms with van der Waals surface area (Å²) in [6, 6.07) is 6.47. The smallest absolute Gasteiger partial charge is 0.0371 e. The van der Waals surface area contributed by atoms with Crippen LogP contribution in [0, 0.1) is 0 Å². The third kappa shape index (κ3) is 2.78. The van der Waals surface area contributed by atoms with Gasteiger partial charge in [0.15, 0.2) is 0 Å². The van der Waals surface area contributed by atoms with E-state index in [1.807, 2.05) is 0 Å². The monoisotopic (exact) mass is 247 g/mol. The number of piperazine rings is 1. The van der Waals surface area contributed by atoms with Crippen molar-refractivity contribution in [3.63, 3.8) is 0 Å². The minimum Gasteiger partial charge on any atom is -0.398 e. The number of nitrogen functional groups attached to an aromatic ring is 1. The quantitative estimate of drug-likeness (QED) is 0.833. The van der Waals surface area contributed by atoms with Crippen LogP contribution >= 0.6 is 0 Å². The van der Waals surface area contributed by atoms with Gasteiger partial charge in [0.25, 0.3) is 0 Å². The summed E-state index contributed by atoms with van der Waals surface area (Å²) < 4.78 is 0. The molecule has 0 radical (unpaired) electrons. The molecule has 3 heteroatoms. The molecule has 1 aromatic rings. The second kappa shape index (κ2) is 5.61. The highest BCUT2D eigenvalue weighted by Crippen LogP contribution is 2.27. The first-order chi connectivity index (χ1) is 8.61. The van der Waals surface area contributed by atoms with Crippen molar-refractivity contribution in [3.8, 4) is 0 Å². The summed E-state index contributed by atoms with van der Waals surface area (Å²) in [5, 5.41) is 0. The fraction of sp³-hybridized carbons (Fsp3) is 0.600. The van der Waals surface area contributed by atoms with Gasteiger partial charge < -0.3 is 15.5 Å². The third-order valence-corrected chi connectivity index (χ3v) is 3.88. The van der Waals surface area contributed by atoms with Crippen molar-refractivity contribution < 1.29 is 0 Å². The zero-order valence-electron chi connectivity index (χ0n) is 11.8. The largest absolute Gasteiger partial charge is 0.398 e. The van der Waals surface area contributed by atoms with Crippen LogP contribution in [0.1, 0.15) is 32.3 Å². The summed E-state index contributed by atoms with van der Waals surface area (Å²) in [7, 11) is 0. The van der Waals surface area contributed by atoms with Crippen molar-refractivity contribution in [1.29, 1.82) is 0 Å². The number of benzene rings is 1. The van der Waals surface area contributed by atoms with Gasteiger partial charge in [-0.1, -0.05) is 20.8 Å². The topological polar surface area (TPSA) is 32.5 Å². The molecule has 2 rings (SSSR count). The highest BCUT2D eigenvalue weighted by molar-refractivity contribution is 5.59. The number of nitrogens with two attached hydrogens (primary N) is 1. The molecule has 0 atom stereocenters. The maximum absolute atomic E-state index is 6.04. The Morgan fingerprint density at radius 2 is 1.83 bits per heavy atom. The number of nitrogens with zero attached hydrogens (tertiary/aromatic N) is 2. The molecule has 2 N–H and O–H groups in total. The van der Waals surface area contributed by atoms with Crippen molar-refractivity contribution >= 4 is 11.4 Å². The lowest BCUT2D eigenvalue weighted by Crippen LogP contribution is -2.46. The van der Waals surface area contributed by atoms with Crippen LogP contribution in [0.15, 0.2) is 18.2 Å². The van der Waals surface area contributed by atoms with E-state index >= 15 is 0 Å². The lowest BCUT2D eigenvalue weighted by atomic mass is 10.00. The lowest BCUT2D eigenvalue weighted by Gasteiger charge is -2.36. The SMILES string of the molecule is CCN1CCN(c2ccc(N)c(C(C)C)c2)CC1. The van der Waals surface area contributed by atoms with Gasteiger partial charge in [0, 0.05) is 37.6 Å². The van der Waals surface area contributed by atoms with Gasteiger partial charge in [-0.15, -0.1) is 0 Å². The summed E-state index contributed by atoms with van der Waals surface area (Å²) in [5.74, 6) is 0.488. The number of rotatable bonds is 3. The molecule has 1 saturated heterocycles. The van der Waals surface area contributed by atoms with Gasteiger partial charge in [-0.3, -0.25) is 0 Å². The molecule has 0 saturated carbocycles. The van der Waals surface area contributed by atoms with Crippen LogP contribution in [0.3, 0.4) is 0 Å². The van der Waals surface area contributed by atoms with E-state index < -0.39 is 0 Å². The van der Waals surface area contributed by atoms with E-state index in [0.717, 1.165) is 38.4 Å². The van der Waals surface area contributed by atoms with E-state index in [-0.39, 0.29) is 0 Å². The zero-order valence-corrected chi connectivity index (χ0v) is 11.8. The summed E-state index contributed by atoms with van der Waals surface area (Å²) in [4.78, 5) is 4.97. The van der Waals surface area contributed by atoms with E-state index in [0.29, 0.717) is 5.92 Å². The van der Waals surface area contributed by atoms with E-state index in [9.17, 15) is 0 Å². The summed E-state index contributed by atoms with van der Waals surface area (Å²) in [5.41, 5.74) is 9.55. The third-order valence-electron chi connectivity index (χ3n) is 3.88. The van der Waals surface area contributed by atoms with Crippen LogP contribution in [-0.4, -0.2) is 37.6 Å². The molecule has 1 aliphatic heterocycles. The fourth-order valence-corrected chi connectivity index (χ4v) is 2.58. The molecule has 0 aliphatic carbocycles. The Hall–Kier alpha value is -1.22. The molecular weight excluding hydrogens is 222 g/mol. The Morgan fingerprint density at radius 1 is 1.17 bits per heavy atom. The van der Waals surface area contributed by atoms with Crippen LogP contribution in [0.25, 0.3) is 0 Å². The molecule has 1 aliphatic rings. The highest BCUT2D eigenvalue weighted by atomic mass is 15.3. The van der Waals surface area contributed by atoms with Gasteiger partial charge >= 0.3 is 0 Å². The van der Waals surface area contributed by atoms with Gasteiger partial charge in [0.2, 0.25) is 0 Å². The molecule has 1 heterocycles. The molecule has 0 amide bonds. The first kappa shape index (κ1) is 13.2. The summed E-state index contributed by atoms with van der Waals surface area (Å²) >= 11 is 0. The van der Waals surface area contributed by atoms with Crippen molar-refractivity contribution in [2.24, 2.45) is 0 Å². The predicted octanol–water partition coefficient (Wildman–Crippen LogP) is 2.53. The zero-order chi connectivity index (χ0) is 13.1. The van der Waals surface area contributed by atoms with Crippen LogP contribution < -0.4 is 10.6 Å². The van der Waals surface area contributed by atoms with Crippen LogP contribution in [0.5, 0.6) is 0 Å².